The molecular formula is C27H23BrFN7O5. The first-order valence-corrected chi connectivity index (χ1v) is 13.2. The summed E-state index contributed by atoms with van der Waals surface area (Å²) >= 11 is 3.23. The molecule has 12 nitrogen and oxygen atoms in total. The predicted octanol–water partition coefficient (Wildman–Crippen LogP) is 3.22. The number of ether oxygens (including phenoxy) is 1. The van der Waals surface area contributed by atoms with Gasteiger partial charge in [-0.1, -0.05) is 12.1 Å². The van der Waals surface area contributed by atoms with Gasteiger partial charge >= 0.3 is 5.97 Å². The van der Waals surface area contributed by atoms with Crippen LogP contribution in [0.3, 0.4) is 0 Å². The molecule has 1 aromatic carbocycles. The minimum atomic E-state index is -1.37. The van der Waals surface area contributed by atoms with Gasteiger partial charge in [-0.05, 0) is 45.8 Å². The van der Waals surface area contributed by atoms with Crippen LogP contribution in [0.2, 0.25) is 0 Å². The number of halogens is 2. The lowest BCUT2D eigenvalue weighted by Gasteiger charge is -2.23. The number of esters is 1. The average Bonchev–Trinajstić information content (AvgIpc) is 3.53. The first-order chi connectivity index (χ1) is 19.6. The fraction of sp³-hybridized carbons (Fsp3) is 0.259. The van der Waals surface area contributed by atoms with Crippen molar-refractivity contribution in [3.05, 3.63) is 64.9 Å². The molecule has 0 saturated carbocycles. The van der Waals surface area contributed by atoms with E-state index in [2.05, 4.69) is 46.0 Å². The number of methoxy groups -OCH3 is 1. The van der Waals surface area contributed by atoms with E-state index in [0.717, 1.165) is 0 Å². The summed E-state index contributed by atoms with van der Waals surface area (Å²) < 4.78 is 20.9. The summed E-state index contributed by atoms with van der Waals surface area (Å²) in [6.45, 7) is 0.804. The summed E-state index contributed by atoms with van der Waals surface area (Å²) in [5, 5.41) is 7.49. The maximum Gasteiger partial charge on any atom is 0.376 e. The zero-order valence-electron chi connectivity index (χ0n) is 21.9. The van der Waals surface area contributed by atoms with Crippen LogP contribution >= 0.6 is 15.9 Å². The van der Waals surface area contributed by atoms with Gasteiger partial charge in [-0.25, -0.2) is 24.1 Å². The molecule has 1 saturated heterocycles. The molecule has 41 heavy (non-hydrogen) atoms. The first-order valence-electron chi connectivity index (χ1n) is 12.4. The second-order valence-corrected chi connectivity index (χ2v) is 10.1. The fourth-order valence-corrected chi connectivity index (χ4v) is 4.97. The van der Waals surface area contributed by atoms with E-state index in [1.165, 1.54) is 36.0 Å². The lowest BCUT2D eigenvalue weighted by atomic mass is 10.0. The number of anilines is 1. The Kier molecular flexibility index (Phi) is 7.83. The average molecular weight is 624 g/mol. The molecule has 1 N–H and O–H groups in total. The van der Waals surface area contributed by atoms with Crippen LogP contribution in [0.4, 0.5) is 10.2 Å². The van der Waals surface area contributed by atoms with Crippen LogP contribution in [0.15, 0.2) is 53.4 Å². The van der Waals surface area contributed by atoms with Crippen molar-refractivity contribution in [2.45, 2.75) is 32.1 Å². The largest absolute Gasteiger partial charge is 0.463 e. The molecule has 1 aliphatic heterocycles. The highest BCUT2D eigenvalue weighted by molar-refractivity contribution is 9.10. The van der Waals surface area contributed by atoms with Crippen LogP contribution in [0.1, 0.15) is 34.5 Å². The molecule has 5 rings (SSSR count). The van der Waals surface area contributed by atoms with Crippen molar-refractivity contribution in [1.82, 2.24) is 29.6 Å². The summed E-state index contributed by atoms with van der Waals surface area (Å²) in [6, 6.07) is 9.07. The van der Waals surface area contributed by atoms with E-state index in [0.29, 0.717) is 26.6 Å². The fourth-order valence-electron chi connectivity index (χ4n) is 4.63. The van der Waals surface area contributed by atoms with Crippen LogP contribution < -0.4 is 5.32 Å². The highest BCUT2D eigenvalue weighted by Gasteiger charge is 2.40. The number of hydrogen-bond donors (Lipinski definition) is 1. The Morgan fingerprint density at radius 3 is 2.56 bits per heavy atom. The molecular weight excluding hydrogens is 601 g/mol. The maximum atomic E-state index is 14.4. The summed E-state index contributed by atoms with van der Waals surface area (Å²) in [6.07, 6.45) is 1.39. The van der Waals surface area contributed by atoms with Crippen LogP contribution in [0.5, 0.6) is 0 Å². The van der Waals surface area contributed by atoms with Gasteiger partial charge in [0.05, 0.1) is 19.2 Å². The minimum absolute atomic E-state index is 0.0922. The molecule has 2 atom stereocenters. The molecule has 2 amide bonds. The van der Waals surface area contributed by atoms with Gasteiger partial charge in [0.15, 0.2) is 5.78 Å². The molecule has 0 aliphatic carbocycles. The number of fused-ring (bicyclic) bond motifs is 1. The van der Waals surface area contributed by atoms with E-state index in [9.17, 15) is 23.6 Å². The minimum Gasteiger partial charge on any atom is -0.463 e. The Morgan fingerprint density at radius 1 is 1.12 bits per heavy atom. The van der Waals surface area contributed by atoms with Crippen LogP contribution in [0, 0.1) is 0 Å². The summed E-state index contributed by atoms with van der Waals surface area (Å²) in [5.74, 6) is -1.89. The molecule has 0 unspecified atom stereocenters. The number of nitrogens with zero attached hydrogens (tertiary/aromatic N) is 6. The topological polar surface area (TPSA) is 149 Å². The maximum absolute atomic E-state index is 14.4. The van der Waals surface area contributed by atoms with Crippen LogP contribution in [-0.4, -0.2) is 79.1 Å². The van der Waals surface area contributed by atoms with Crippen LogP contribution in [0.25, 0.3) is 22.0 Å². The molecule has 1 fully saturated rings. The Morgan fingerprint density at radius 2 is 1.88 bits per heavy atom. The number of amides is 2. The second kappa shape index (κ2) is 11.5. The molecule has 210 valence electrons. The summed E-state index contributed by atoms with van der Waals surface area (Å²) in [7, 11) is 1.23. The van der Waals surface area contributed by atoms with E-state index >= 15 is 0 Å². The molecule has 0 spiro atoms. The van der Waals surface area contributed by atoms with Crippen molar-refractivity contribution >= 4 is 56.2 Å². The number of alkyl halides is 1. The highest BCUT2D eigenvalue weighted by Crippen LogP contribution is 2.28. The Bertz CT molecular complexity index is 1680. The lowest BCUT2D eigenvalue weighted by molar-refractivity contribution is -0.137. The Hall–Kier alpha value is -4.59. The van der Waals surface area contributed by atoms with Gasteiger partial charge in [-0.3, -0.25) is 19.1 Å². The Balaban J connectivity index is 1.40. The molecule has 0 radical (unpaired) electrons. The molecule has 1 aliphatic rings. The second-order valence-electron chi connectivity index (χ2n) is 9.31. The van der Waals surface area contributed by atoms with E-state index in [1.807, 2.05) is 0 Å². The number of carbonyl (C=O) groups is 4. The SMILES string of the molecule is COC(=O)c1ncc(-c2ccc3c(c2)c(C(C)=O)nn3CC(=O)N2C[C@H](F)C[C@H]2C(=O)Nc2cccc(Br)n2)cn1. The van der Waals surface area contributed by atoms with Crippen molar-refractivity contribution in [3.63, 3.8) is 0 Å². The van der Waals surface area contributed by atoms with Crippen molar-refractivity contribution in [1.29, 1.82) is 0 Å². The van der Waals surface area contributed by atoms with Gasteiger partial charge in [-0.2, -0.15) is 5.10 Å². The monoisotopic (exact) mass is 623 g/mol. The third-order valence-corrected chi connectivity index (χ3v) is 7.00. The van der Waals surface area contributed by atoms with Gasteiger partial charge in [0, 0.05) is 36.7 Å². The number of benzene rings is 1. The van der Waals surface area contributed by atoms with E-state index in [4.69, 9.17) is 0 Å². The smallest absolute Gasteiger partial charge is 0.376 e. The number of Topliss-reactive ketones (excluding diaryl/α,β-unsaturated/α-hetero) is 1. The highest BCUT2D eigenvalue weighted by atomic mass is 79.9. The molecule has 4 heterocycles. The molecule has 3 aromatic heterocycles. The third-order valence-electron chi connectivity index (χ3n) is 6.56. The van der Waals surface area contributed by atoms with Crippen molar-refractivity contribution < 1.29 is 28.3 Å². The van der Waals surface area contributed by atoms with E-state index < -0.39 is 30.0 Å². The predicted molar refractivity (Wildman–Crippen MR) is 148 cm³/mol. The van der Waals surface area contributed by atoms with Crippen molar-refractivity contribution in [2.24, 2.45) is 0 Å². The zero-order chi connectivity index (χ0) is 29.3. The third kappa shape index (κ3) is 5.82. The van der Waals surface area contributed by atoms with Crippen molar-refractivity contribution in [3.8, 4) is 11.1 Å². The first kappa shape index (κ1) is 28.0. The molecule has 14 heteroatoms. The van der Waals surface area contributed by atoms with Crippen LogP contribution in [-0.2, 0) is 20.9 Å². The number of ketones is 1. The van der Waals surface area contributed by atoms with Crippen molar-refractivity contribution in [2.75, 3.05) is 19.0 Å². The number of aromatic nitrogens is 5. The number of likely N-dealkylation sites (tertiary alicyclic amines) is 1. The number of hydrogen-bond acceptors (Lipinski definition) is 9. The summed E-state index contributed by atoms with van der Waals surface area (Å²) in [4.78, 5) is 63.8. The molecule has 4 aromatic rings. The summed E-state index contributed by atoms with van der Waals surface area (Å²) in [5.41, 5.74) is 1.87. The van der Waals surface area contributed by atoms with Gasteiger partial charge in [0.2, 0.25) is 17.6 Å². The number of pyridine rings is 1. The normalized spacial score (nSPS) is 16.5. The Labute approximate surface area is 241 Å². The van der Waals surface area contributed by atoms with E-state index in [-0.39, 0.29) is 42.6 Å². The van der Waals surface area contributed by atoms with Gasteiger partial charge in [-0.15, -0.1) is 0 Å². The number of carbonyl (C=O) groups excluding carboxylic acids is 4. The van der Waals surface area contributed by atoms with E-state index in [1.54, 1.807) is 36.4 Å². The number of rotatable bonds is 7. The van der Waals surface area contributed by atoms with Gasteiger partial charge in [0.1, 0.15) is 34.9 Å². The lowest BCUT2D eigenvalue weighted by Crippen LogP contribution is -2.44. The number of nitrogens with one attached hydrogen (secondary N) is 1. The van der Waals surface area contributed by atoms with Gasteiger partial charge in [0.25, 0.3) is 0 Å². The zero-order valence-corrected chi connectivity index (χ0v) is 23.5. The standard InChI is InChI=1S/C27H23BrFN7O5/c1-14(37)24-18-8-15(16-10-30-25(31-11-16)27(40)41-2)6-7-19(18)36(34-24)13-23(38)35-12-17(29)9-20(35)26(39)33-22-5-3-4-21(28)32-22/h3-8,10-11,17,20H,9,12-13H2,1-2H3,(H,32,33,39)/t17-,20+/m1/s1. The van der Waals surface area contributed by atoms with Gasteiger partial charge < -0.3 is 15.0 Å². The quantitative estimate of drug-likeness (QED) is 0.186. The molecule has 0 bridgehead atoms.